The number of allylic oxidation sites excluding steroid dienone is 1. The molecular weight excluding hydrogens is 502 g/mol. The predicted molar refractivity (Wildman–Crippen MR) is 156 cm³/mol. The van der Waals surface area contributed by atoms with Crippen molar-refractivity contribution in [3.8, 4) is 0 Å². The van der Waals surface area contributed by atoms with Crippen molar-refractivity contribution in [1.82, 2.24) is 10.2 Å². The minimum absolute atomic E-state index is 0.0511. The van der Waals surface area contributed by atoms with E-state index in [2.05, 4.69) is 31.2 Å². The maximum Gasteiger partial charge on any atom is 0.436 e. The molecule has 222 valence electrons. The van der Waals surface area contributed by atoms with Crippen LogP contribution >= 0.6 is 0 Å². The molecule has 0 aromatic carbocycles. The zero-order valence-corrected chi connectivity index (χ0v) is 25.0. The van der Waals surface area contributed by atoms with Crippen LogP contribution in [0.1, 0.15) is 111 Å². The summed E-state index contributed by atoms with van der Waals surface area (Å²) in [4.78, 5) is 33.1. The van der Waals surface area contributed by atoms with Gasteiger partial charge in [0.1, 0.15) is 0 Å². The Hall–Kier alpha value is -1.73. The molecule has 6 rings (SSSR count). The summed E-state index contributed by atoms with van der Waals surface area (Å²) in [7, 11) is 0. The van der Waals surface area contributed by atoms with Crippen LogP contribution in [0.5, 0.6) is 0 Å². The molecule has 4 saturated carbocycles. The van der Waals surface area contributed by atoms with Gasteiger partial charge in [0, 0.05) is 31.0 Å². The first-order chi connectivity index (χ1) is 19.2. The van der Waals surface area contributed by atoms with Crippen molar-refractivity contribution in [2.45, 2.75) is 129 Å². The van der Waals surface area contributed by atoms with Gasteiger partial charge in [-0.1, -0.05) is 37.4 Å². The summed E-state index contributed by atoms with van der Waals surface area (Å²) in [6, 6.07) is 0.266. The number of oxime groups is 1. The fraction of sp³-hybridized carbons (Fsp3) is 0.848. The lowest BCUT2D eigenvalue weighted by atomic mass is 9.46. The van der Waals surface area contributed by atoms with Gasteiger partial charge in [0.15, 0.2) is 5.78 Å². The molecule has 6 aliphatic rings. The van der Waals surface area contributed by atoms with Crippen LogP contribution in [0.15, 0.2) is 16.8 Å². The Morgan fingerprint density at radius 3 is 2.62 bits per heavy atom. The van der Waals surface area contributed by atoms with Crippen LogP contribution in [0.25, 0.3) is 0 Å². The molecule has 40 heavy (non-hydrogen) atoms. The fourth-order valence-corrected chi connectivity index (χ4v) is 10.4. The van der Waals surface area contributed by atoms with Crippen molar-refractivity contribution in [3.63, 3.8) is 0 Å². The number of fused-ring (bicyclic) bond motifs is 5. The van der Waals surface area contributed by atoms with Gasteiger partial charge in [-0.25, -0.2) is 4.79 Å². The molecule has 0 spiro atoms. The molecule has 8 atom stereocenters. The Bertz CT molecular complexity index is 1050. The largest absolute Gasteiger partial charge is 0.436 e. The average molecular weight is 554 g/mol. The third-order valence-corrected chi connectivity index (χ3v) is 12.7. The van der Waals surface area contributed by atoms with E-state index in [9.17, 15) is 14.7 Å². The first-order valence-electron chi connectivity index (χ1n) is 16.4. The molecule has 7 heteroatoms. The lowest BCUT2D eigenvalue weighted by Gasteiger charge is -2.58. The maximum absolute atomic E-state index is 13.4. The summed E-state index contributed by atoms with van der Waals surface area (Å²) in [5.41, 5.74) is 2.79. The third-order valence-electron chi connectivity index (χ3n) is 12.7. The van der Waals surface area contributed by atoms with Gasteiger partial charge in [-0.15, -0.1) is 0 Å². The molecule has 2 unspecified atom stereocenters. The molecule has 0 aromatic rings. The van der Waals surface area contributed by atoms with E-state index in [1.165, 1.54) is 31.3 Å². The minimum atomic E-state index is -0.331. The predicted octanol–water partition coefficient (Wildman–Crippen LogP) is 6.00. The molecule has 0 aromatic heterocycles. The highest BCUT2D eigenvalue weighted by Gasteiger charge is 2.59. The van der Waals surface area contributed by atoms with E-state index < -0.39 is 0 Å². The van der Waals surface area contributed by atoms with Crippen molar-refractivity contribution in [2.75, 3.05) is 13.1 Å². The van der Waals surface area contributed by atoms with Crippen LogP contribution in [-0.4, -0.2) is 58.9 Å². The van der Waals surface area contributed by atoms with Gasteiger partial charge in [0.05, 0.1) is 11.8 Å². The number of aliphatic hydroxyl groups is 1. The van der Waals surface area contributed by atoms with E-state index in [0.29, 0.717) is 42.4 Å². The van der Waals surface area contributed by atoms with Crippen LogP contribution in [0.2, 0.25) is 0 Å². The Morgan fingerprint density at radius 1 is 1.07 bits per heavy atom. The van der Waals surface area contributed by atoms with Gasteiger partial charge in [-0.3, -0.25) is 9.63 Å². The van der Waals surface area contributed by atoms with E-state index in [-0.39, 0.29) is 35.1 Å². The van der Waals surface area contributed by atoms with Crippen LogP contribution in [0.3, 0.4) is 0 Å². The number of nitrogens with one attached hydrogen (secondary N) is 1. The van der Waals surface area contributed by atoms with E-state index in [1.54, 1.807) is 0 Å². The summed E-state index contributed by atoms with van der Waals surface area (Å²) in [5.74, 6) is 2.75. The number of amides is 1. The number of aliphatic hydroxyl groups excluding tert-OH is 1. The number of hydrogen-bond acceptors (Lipinski definition) is 6. The van der Waals surface area contributed by atoms with Crippen molar-refractivity contribution in [2.24, 2.45) is 39.7 Å². The number of carbonyl (C=O) groups excluding carboxylic acids is 2. The fourth-order valence-electron chi connectivity index (χ4n) is 10.4. The first kappa shape index (κ1) is 28.4. The van der Waals surface area contributed by atoms with Gasteiger partial charge in [-0.05, 0) is 119 Å². The number of hydrogen-bond donors (Lipinski definition) is 2. The average Bonchev–Trinajstić information content (AvgIpc) is 3.68. The topological polar surface area (TPSA) is 91.2 Å². The Balaban J connectivity index is 1.12. The van der Waals surface area contributed by atoms with E-state index >= 15 is 0 Å². The van der Waals surface area contributed by atoms with E-state index in [1.807, 2.05) is 11.0 Å². The molecule has 7 nitrogen and oxygen atoms in total. The SMILES string of the molecule is C/C(=N\OC(=O)N(CCC1NCCC1O)C1CCCC1)[C@H]1CC[C@H]2[C@@H]3CCC4=CC(=O)CC[C@]4(C)[C@H]3CC[C@]12C. The molecule has 5 fully saturated rings. The second kappa shape index (κ2) is 11.2. The van der Waals surface area contributed by atoms with Crippen LogP contribution < -0.4 is 5.32 Å². The van der Waals surface area contributed by atoms with Crippen molar-refractivity contribution < 1.29 is 19.5 Å². The summed E-state index contributed by atoms with van der Waals surface area (Å²) < 4.78 is 0. The Kier molecular flexibility index (Phi) is 7.92. The van der Waals surface area contributed by atoms with Crippen LogP contribution in [0, 0.1) is 34.5 Å². The molecule has 5 aliphatic carbocycles. The first-order valence-corrected chi connectivity index (χ1v) is 16.4. The third kappa shape index (κ3) is 4.97. The summed E-state index contributed by atoms with van der Waals surface area (Å²) in [6.07, 6.45) is 16.0. The van der Waals surface area contributed by atoms with Gasteiger partial charge in [-0.2, -0.15) is 0 Å². The van der Waals surface area contributed by atoms with Crippen molar-refractivity contribution in [1.29, 1.82) is 0 Å². The van der Waals surface area contributed by atoms with E-state index in [0.717, 1.165) is 70.0 Å². The normalized spacial score (nSPS) is 41.8. The number of ketones is 1. The van der Waals surface area contributed by atoms with Gasteiger partial charge in [0.2, 0.25) is 0 Å². The zero-order valence-electron chi connectivity index (χ0n) is 25.0. The summed E-state index contributed by atoms with van der Waals surface area (Å²) in [6.45, 7) is 8.44. The van der Waals surface area contributed by atoms with Crippen LogP contribution in [-0.2, 0) is 9.63 Å². The molecule has 1 heterocycles. The molecule has 0 bridgehead atoms. The molecule has 1 saturated heterocycles. The summed E-state index contributed by atoms with van der Waals surface area (Å²) >= 11 is 0. The van der Waals surface area contributed by atoms with Gasteiger partial charge >= 0.3 is 6.09 Å². The van der Waals surface area contributed by atoms with Gasteiger partial charge in [0.25, 0.3) is 0 Å². The monoisotopic (exact) mass is 553 g/mol. The number of rotatable bonds is 6. The van der Waals surface area contributed by atoms with Crippen molar-refractivity contribution >= 4 is 17.6 Å². The lowest BCUT2D eigenvalue weighted by Crippen LogP contribution is -2.51. The number of carbonyl (C=O) groups is 2. The Labute approximate surface area is 240 Å². The number of nitrogens with zero attached hydrogens (tertiary/aromatic N) is 2. The highest BCUT2D eigenvalue weighted by molar-refractivity contribution is 5.91. The van der Waals surface area contributed by atoms with Gasteiger partial charge < -0.3 is 15.3 Å². The molecule has 1 amide bonds. The second-order valence-corrected chi connectivity index (χ2v) is 14.6. The standard InChI is InChI=1S/C33H51N3O4/c1-21(35-40-31(39)36(23-6-4-5-7-23)19-15-29-30(38)14-18-34-29)26-10-11-27-25-9-8-22-20-24(37)12-16-32(22,2)28(25)13-17-33(26,27)3/h20,23,25-30,34,38H,4-19H2,1-3H3/b35-21+/t25-,26+,27-,28-,29?,30?,32-,33+/m0/s1. The molecule has 0 radical (unpaired) electrons. The maximum atomic E-state index is 13.4. The minimum Gasteiger partial charge on any atom is -0.391 e. The highest BCUT2D eigenvalue weighted by atomic mass is 16.7. The van der Waals surface area contributed by atoms with Crippen molar-refractivity contribution in [3.05, 3.63) is 11.6 Å². The molecule has 2 N–H and O–H groups in total. The summed E-state index contributed by atoms with van der Waals surface area (Å²) in [5, 5.41) is 18.1. The zero-order chi connectivity index (χ0) is 28.1. The molecule has 1 aliphatic heterocycles. The smallest absolute Gasteiger partial charge is 0.391 e. The quantitative estimate of drug-likeness (QED) is 0.239. The van der Waals surface area contributed by atoms with E-state index in [4.69, 9.17) is 4.84 Å². The lowest BCUT2D eigenvalue weighted by molar-refractivity contribution is -0.117. The second-order valence-electron chi connectivity index (χ2n) is 14.6. The Morgan fingerprint density at radius 2 is 1.88 bits per heavy atom. The molecular formula is C33H51N3O4. The highest BCUT2D eigenvalue weighted by Crippen LogP contribution is 2.66. The van der Waals surface area contributed by atoms with Crippen LogP contribution in [0.4, 0.5) is 4.79 Å².